The SMILES string of the molecule is OCC1(NCc2ccncc2Cl)CC1. The number of aliphatic hydroxyl groups excluding tert-OH is 1. The van der Waals surface area contributed by atoms with E-state index in [2.05, 4.69) is 10.3 Å². The molecule has 1 aromatic rings. The minimum absolute atomic E-state index is 0.0351. The standard InChI is InChI=1S/C10H13ClN2O/c11-9-6-12-4-1-8(9)5-13-10(7-14)2-3-10/h1,4,6,13-14H,2-3,5,7H2. The molecule has 76 valence electrons. The van der Waals surface area contributed by atoms with Gasteiger partial charge in [0.25, 0.3) is 0 Å². The Kier molecular flexibility index (Phi) is 2.72. The third kappa shape index (κ3) is 2.05. The largest absolute Gasteiger partial charge is 0.394 e. The molecule has 0 unspecified atom stereocenters. The van der Waals surface area contributed by atoms with Gasteiger partial charge >= 0.3 is 0 Å². The molecule has 3 nitrogen and oxygen atoms in total. The molecule has 0 spiro atoms. The number of hydrogen-bond donors (Lipinski definition) is 2. The second-order valence-corrected chi connectivity index (χ2v) is 4.17. The highest BCUT2D eigenvalue weighted by atomic mass is 35.5. The van der Waals surface area contributed by atoms with Crippen LogP contribution in [0, 0.1) is 0 Å². The molecule has 0 atom stereocenters. The van der Waals surface area contributed by atoms with Gasteiger partial charge in [0, 0.05) is 24.5 Å². The Morgan fingerprint density at radius 3 is 2.93 bits per heavy atom. The van der Waals surface area contributed by atoms with Crippen molar-refractivity contribution in [3.8, 4) is 0 Å². The average Bonchev–Trinajstić information content (AvgIpc) is 2.98. The summed E-state index contributed by atoms with van der Waals surface area (Å²) in [7, 11) is 0. The summed E-state index contributed by atoms with van der Waals surface area (Å²) in [5.41, 5.74) is 0.994. The number of hydrogen-bond acceptors (Lipinski definition) is 3. The van der Waals surface area contributed by atoms with Crippen molar-refractivity contribution in [1.82, 2.24) is 10.3 Å². The van der Waals surface area contributed by atoms with Gasteiger partial charge in [-0.1, -0.05) is 11.6 Å². The van der Waals surface area contributed by atoms with E-state index in [0.717, 1.165) is 18.4 Å². The van der Waals surface area contributed by atoms with Crippen molar-refractivity contribution in [1.29, 1.82) is 0 Å². The Balaban J connectivity index is 1.95. The topological polar surface area (TPSA) is 45.1 Å². The summed E-state index contributed by atoms with van der Waals surface area (Å²) in [5.74, 6) is 0. The fourth-order valence-corrected chi connectivity index (χ4v) is 1.56. The summed E-state index contributed by atoms with van der Waals surface area (Å²) >= 11 is 5.95. The summed E-state index contributed by atoms with van der Waals surface area (Å²) < 4.78 is 0. The molecule has 0 radical (unpaired) electrons. The highest BCUT2D eigenvalue weighted by Crippen LogP contribution is 2.35. The van der Waals surface area contributed by atoms with Gasteiger partial charge in [0.15, 0.2) is 0 Å². The lowest BCUT2D eigenvalue weighted by atomic mass is 10.2. The molecule has 1 aliphatic carbocycles. The van der Waals surface area contributed by atoms with Gasteiger partial charge in [-0.05, 0) is 24.5 Å². The molecule has 0 bridgehead atoms. The molecule has 1 fully saturated rings. The van der Waals surface area contributed by atoms with E-state index in [9.17, 15) is 0 Å². The minimum atomic E-state index is -0.0351. The van der Waals surface area contributed by atoms with Crippen molar-refractivity contribution in [2.45, 2.75) is 24.9 Å². The van der Waals surface area contributed by atoms with E-state index < -0.39 is 0 Å². The van der Waals surface area contributed by atoms with Gasteiger partial charge in [0.05, 0.1) is 11.6 Å². The van der Waals surface area contributed by atoms with E-state index in [-0.39, 0.29) is 12.1 Å². The predicted octanol–water partition coefficient (Wildman–Crippen LogP) is 1.35. The molecule has 4 heteroatoms. The summed E-state index contributed by atoms with van der Waals surface area (Å²) in [5, 5.41) is 13.1. The van der Waals surface area contributed by atoms with Gasteiger partial charge in [0.2, 0.25) is 0 Å². The van der Waals surface area contributed by atoms with Crippen LogP contribution in [0.4, 0.5) is 0 Å². The van der Waals surface area contributed by atoms with Crippen LogP contribution in [0.5, 0.6) is 0 Å². The number of nitrogens with zero attached hydrogens (tertiary/aromatic N) is 1. The van der Waals surface area contributed by atoms with Gasteiger partial charge in [-0.2, -0.15) is 0 Å². The normalized spacial score (nSPS) is 18.1. The van der Waals surface area contributed by atoms with Crippen LogP contribution in [0.25, 0.3) is 0 Å². The second-order valence-electron chi connectivity index (χ2n) is 3.76. The Morgan fingerprint density at radius 2 is 2.36 bits per heavy atom. The van der Waals surface area contributed by atoms with E-state index >= 15 is 0 Å². The second kappa shape index (κ2) is 3.85. The van der Waals surface area contributed by atoms with Gasteiger partial charge in [0.1, 0.15) is 0 Å². The number of aromatic nitrogens is 1. The third-order valence-corrected chi connectivity index (χ3v) is 3.01. The van der Waals surface area contributed by atoms with Crippen LogP contribution in [0.2, 0.25) is 5.02 Å². The lowest BCUT2D eigenvalue weighted by molar-refractivity contribution is 0.229. The molecule has 1 aliphatic rings. The fourth-order valence-electron chi connectivity index (χ4n) is 1.37. The maximum Gasteiger partial charge on any atom is 0.0634 e. The molecule has 0 saturated heterocycles. The summed E-state index contributed by atoms with van der Waals surface area (Å²) in [6.07, 6.45) is 5.46. The Labute approximate surface area is 88.1 Å². The molecule has 14 heavy (non-hydrogen) atoms. The van der Waals surface area contributed by atoms with E-state index in [4.69, 9.17) is 16.7 Å². The quantitative estimate of drug-likeness (QED) is 0.792. The average molecular weight is 213 g/mol. The van der Waals surface area contributed by atoms with Crippen molar-refractivity contribution in [3.05, 3.63) is 29.0 Å². The molecule has 0 aliphatic heterocycles. The number of pyridine rings is 1. The van der Waals surface area contributed by atoms with Crippen LogP contribution in [-0.2, 0) is 6.54 Å². The lowest BCUT2D eigenvalue weighted by Gasteiger charge is -2.14. The summed E-state index contributed by atoms with van der Waals surface area (Å²) in [4.78, 5) is 3.92. The van der Waals surface area contributed by atoms with Crippen LogP contribution in [0.3, 0.4) is 0 Å². The van der Waals surface area contributed by atoms with Gasteiger partial charge in [-0.15, -0.1) is 0 Å². The maximum absolute atomic E-state index is 9.10. The molecule has 1 aromatic heterocycles. The number of rotatable bonds is 4. The minimum Gasteiger partial charge on any atom is -0.394 e. The first kappa shape index (κ1) is 9.90. The number of aliphatic hydroxyl groups is 1. The zero-order chi connectivity index (χ0) is 10.0. The lowest BCUT2D eigenvalue weighted by Crippen LogP contribution is -2.34. The highest BCUT2D eigenvalue weighted by molar-refractivity contribution is 6.31. The van der Waals surface area contributed by atoms with Crippen LogP contribution >= 0.6 is 11.6 Å². The Morgan fingerprint density at radius 1 is 1.57 bits per heavy atom. The van der Waals surface area contributed by atoms with Gasteiger partial charge < -0.3 is 10.4 Å². The zero-order valence-electron chi connectivity index (χ0n) is 7.83. The highest BCUT2D eigenvalue weighted by Gasteiger charge is 2.41. The van der Waals surface area contributed by atoms with Crippen LogP contribution in [0.15, 0.2) is 18.5 Å². The van der Waals surface area contributed by atoms with Crippen molar-refractivity contribution in [3.63, 3.8) is 0 Å². The maximum atomic E-state index is 9.10. The van der Waals surface area contributed by atoms with Crippen molar-refractivity contribution >= 4 is 11.6 Å². The van der Waals surface area contributed by atoms with Gasteiger partial charge in [-0.25, -0.2) is 0 Å². The Hall–Kier alpha value is -0.640. The molecular weight excluding hydrogens is 200 g/mol. The molecule has 2 rings (SSSR count). The molecule has 0 aromatic carbocycles. The first-order chi connectivity index (χ1) is 6.76. The van der Waals surface area contributed by atoms with Crippen molar-refractivity contribution in [2.24, 2.45) is 0 Å². The predicted molar refractivity (Wildman–Crippen MR) is 55.1 cm³/mol. The molecule has 1 saturated carbocycles. The molecule has 1 heterocycles. The monoisotopic (exact) mass is 212 g/mol. The van der Waals surface area contributed by atoms with Crippen molar-refractivity contribution in [2.75, 3.05) is 6.61 Å². The van der Waals surface area contributed by atoms with Crippen LogP contribution in [0.1, 0.15) is 18.4 Å². The molecule has 2 N–H and O–H groups in total. The Bertz CT molecular complexity index is 326. The van der Waals surface area contributed by atoms with Gasteiger partial charge in [-0.3, -0.25) is 4.98 Å². The first-order valence-corrected chi connectivity index (χ1v) is 5.08. The summed E-state index contributed by atoms with van der Waals surface area (Å²) in [6.45, 7) is 0.900. The fraction of sp³-hybridized carbons (Fsp3) is 0.500. The van der Waals surface area contributed by atoms with E-state index in [1.165, 1.54) is 0 Å². The number of halogens is 1. The molecular formula is C10H13ClN2O. The van der Waals surface area contributed by atoms with Crippen molar-refractivity contribution < 1.29 is 5.11 Å². The first-order valence-electron chi connectivity index (χ1n) is 4.70. The summed E-state index contributed by atoms with van der Waals surface area (Å²) in [6, 6.07) is 1.89. The van der Waals surface area contributed by atoms with Crippen LogP contribution in [-0.4, -0.2) is 22.2 Å². The number of nitrogens with one attached hydrogen (secondary N) is 1. The van der Waals surface area contributed by atoms with E-state index in [1.807, 2.05) is 6.07 Å². The van der Waals surface area contributed by atoms with E-state index in [1.54, 1.807) is 12.4 Å². The molecule has 0 amide bonds. The zero-order valence-corrected chi connectivity index (χ0v) is 8.59. The third-order valence-electron chi connectivity index (χ3n) is 2.67. The smallest absolute Gasteiger partial charge is 0.0634 e. The van der Waals surface area contributed by atoms with E-state index in [0.29, 0.717) is 11.6 Å². The van der Waals surface area contributed by atoms with Crippen LogP contribution < -0.4 is 5.32 Å².